The molecular formula is C24H41ClN2. The summed E-state index contributed by atoms with van der Waals surface area (Å²) in [6, 6.07) is 0.619. The molecule has 0 aromatic carbocycles. The predicted octanol–water partition coefficient (Wildman–Crippen LogP) is 5.98. The van der Waals surface area contributed by atoms with Crippen LogP contribution in [0.2, 0.25) is 0 Å². The minimum Gasteiger partial charge on any atom is -0.312 e. The third-order valence-corrected chi connectivity index (χ3v) is 7.60. The lowest BCUT2D eigenvalue weighted by atomic mass is 9.68. The summed E-state index contributed by atoms with van der Waals surface area (Å²) in [6.07, 6.45) is 13.7. The number of nitrogens with zero attached hydrogens (tertiary/aromatic N) is 1. The van der Waals surface area contributed by atoms with E-state index in [0.717, 1.165) is 23.8 Å². The van der Waals surface area contributed by atoms with E-state index in [1.165, 1.54) is 58.3 Å². The number of hydrogen-bond acceptors (Lipinski definition) is 2. The summed E-state index contributed by atoms with van der Waals surface area (Å²) in [5.41, 5.74) is 1.97. The number of likely N-dealkylation sites (tertiary alicyclic amines) is 1. The van der Waals surface area contributed by atoms with Gasteiger partial charge in [-0.2, -0.15) is 0 Å². The molecule has 3 heteroatoms. The number of piperidine rings is 1. The van der Waals surface area contributed by atoms with Gasteiger partial charge in [0.1, 0.15) is 0 Å². The van der Waals surface area contributed by atoms with Crippen LogP contribution in [0.1, 0.15) is 72.6 Å². The summed E-state index contributed by atoms with van der Waals surface area (Å²) < 4.78 is 0. The van der Waals surface area contributed by atoms with Gasteiger partial charge in [-0.15, -0.1) is 0 Å². The Kier molecular flexibility index (Phi) is 7.50. The molecule has 0 radical (unpaired) electrons. The van der Waals surface area contributed by atoms with Gasteiger partial charge < -0.3 is 10.2 Å². The third kappa shape index (κ3) is 5.84. The van der Waals surface area contributed by atoms with E-state index < -0.39 is 0 Å². The molecule has 3 rings (SSSR count). The third-order valence-electron chi connectivity index (χ3n) is 7.29. The van der Waals surface area contributed by atoms with Crippen molar-refractivity contribution in [2.24, 2.45) is 23.2 Å². The van der Waals surface area contributed by atoms with Crippen molar-refractivity contribution in [1.82, 2.24) is 10.2 Å². The van der Waals surface area contributed by atoms with Crippen LogP contribution in [0.15, 0.2) is 22.8 Å². The van der Waals surface area contributed by atoms with Gasteiger partial charge in [-0.25, -0.2) is 0 Å². The van der Waals surface area contributed by atoms with Crippen molar-refractivity contribution in [3.05, 3.63) is 22.8 Å². The predicted molar refractivity (Wildman–Crippen MR) is 118 cm³/mol. The number of nitrogens with one attached hydrogen (secondary N) is 1. The lowest BCUT2D eigenvalue weighted by Gasteiger charge is -2.47. The summed E-state index contributed by atoms with van der Waals surface area (Å²) in [4.78, 5) is 2.73. The molecule has 2 atom stereocenters. The van der Waals surface area contributed by atoms with E-state index in [9.17, 15) is 0 Å². The topological polar surface area (TPSA) is 15.3 Å². The molecule has 2 fully saturated rings. The van der Waals surface area contributed by atoms with Crippen LogP contribution < -0.4 is 5.32 Å². The van der Waals surface area contributed by atoms with E-state index in [1.54, 1.807) is 5.57 Å². The first-order valence-electron chi connectivity index (χ1n) is 11.4. The first-order chi connectivity index (χ1) is 12.8. The Morgan fingerprint density at radius 2 is 1.89 bits per heavy atom. The molecule has 1 aliphatic heterocycles. The van der Waals surface area contributed by atoms with Crippen molar-refractivity contribution in [2.75, 3.05) is 26.2 Å². The Morgan fingerprint density at radius 1 is 1.15 bits per heavy atom. The van der Waals surface area contributed by atoms with Crippen molar-refractivity contribution in [3.8, 4) is 0 Å². The van der Waals surface area contributed by atoms with Crippen LogP contribution in [0.3, 0.4) is 0 Å². The molecule has 1 N–H and O–H groups in total. The van der Waals surface area contributed by atoms with Crippen LogP contribution in [0, 0.1) is 23.2 Å². The van der Waals surface area contributed by atoms with E-state index in [2.05, 4.69) is 50.1 Å². The molecule has 2 aliphatic carbocycles. The molecule has 0 amide bonds. The van der Waals surface area contributed by atoms with Crippen molar-refractivity contribution in [1.29, 1.82) is 0 Å². The molecule has 154 valence electrons. The maximum atomic E-state index is 6.18. The van der Waals surface area contributed by atoms with Gasteiger partial charge >= 0.3 is 0 Å². The molecule has 0 aromatic rings. The van der Waals surface area contributed by atoms with E-state index in [-0.39, 0.29) is 0 Å². The highest BCUT2D eigenvalue weighted by atomic mass is 35.5. The van der Waals surface area contributed by atoms with Crippen molar-refractivity contribution < 1.29 is 0 Å². The lowest BCUT2D eigenvalue weighted by molar-refractivity contribution is 0.0600. The maximum absolute atomic E-state index is 6.18. The summed E-state index contributed by atoms with van der Waals surface area (Å²) >= 11 is 6.18. The Morgan fingerprint density at radius 3 is 2.48 bits per heavy atom. The van der Waals surface area contributed by atoms with Gasteiger partial charge in [0.05, 0.1) is 0 Å². The molecule has 3 aliphatic rings. The smallest absolute Gasteiger partial charge is 0.0218 e. The number of halogens is 1. The Bertz CT molecular complexity index is 543. The molecule has 1 saturated heterocycles. The zero-order valence-corrected chi connectivity index (χ0v) is 18.8. The van der Waals surface area contributed by atoms with E-state index in [0.29, 0.717) is 23.3 Å². The summed E-state index contributed by atoms with van der Waals surface area (Å²) in [5.74, 6) is 2.32. The molecular weight excluding hydrogens is 352 g/mol. The number of rotatable bonds is 7. The van der Waals surface area contributed by atoms with Crippen LogP contribution in [-0.2, 0) is 0 Å². The normalized spacial score (nSPS) is 28.3. The maximum Gasteiger partial charge on any atom is 0.0218 e. The average molecular weight is 393 g/mol. The Labute approximate surface area is 172 Å². The van der Waals surface area contributed by atoms with Gasteiger partial charge in [0.25, 0.3) is 0 Å². The Balaban J connectivity index is 1.55. The highest BCUT2D eigenvalue weighted by molar-refractivity contribution is 6.29. The summed E-state index contributed by atoms with van der Waals surface area (Å²) in [7, 11) is 0. The van der Waals surface area contributed by atoms with Gasteiger partial charge in [-0.3, -0.25) is 0 Å². The van der Waals surface area contributed by atoms with Crippen LogP contribution in [0.25, 0.3) is 0 Å². The first kappa shape index (κ1) is 21.4. The average Bonchev–Trinajstić information content (AvgIpc) is 3.12. The van der Waals surface area contributed by atoms with Crippen LogP contribution in [0.5, 0.6) is 0 Å². The molecule has 0 bridgehead atoms. The second-order valence-electron chi connectivity index (χ2n) is 10.3. The molecule has 0 spiro atoms. The number of allylic oxidation sites excluding steroid dienone is 4. The minimum absolute atomic E-state index is 0.342. The second-order valence-corrected chi connectivity index (χ2v) is 10.8. The lowest BCUT2D eigenvalue weighted by Crippen LogP contribution is -2.52. The molecule has 1 unspecified atom stereocenters. The fourth-order valence-electron chi connectivity index (χ4n) is 5.55. The fourth-order valence-corrected chi connectivity index (χ4v) is 5.71. The minimum atomic E-state index is 0.342. The summed E-state index contributed by atoms with van der Waals surface area (Å²) in [5, 5.41) is 4.96. The van der Waals surface area contributed by atoms with Gasteiger partial charge in [-0.05, 0) is 74.4 Å². The second kappa shape index (κ2) is 9.46. The van der Waals surface area contributed by atoms with Crippen LogP contribution in [-0.4, -0.2) is 37.1 Å². The Hall–Kier alpha value is -0.310. The van der Waals surface area contributed by atoms with Crippen molar-refractivity contribution >= 4 is 11.6 Å². The van der Waals surface area contributed by atoms with Crippen LogP contribution in [0.4, 0.5) is 0 Å². The van der Waals surface area contributed by atoms with Crippen LogP contribution >= 0.6 is 11.6 Å². The zero-order chi connectivity index (χ0) is 19.4. The SMILES string of the molecule is CC(C)[C@H](CN1CCC(C2=CC=C(Cl)CC2)C(C)(C)C1)NCC1CCCC1. The first-order valence-corrected chi connectivity index (χ1v) is 11.7. The monoisotopic (exact) mass is 392 g/mol. The molecule has 0 aromatic heterocycles. The highest BCUT2D eigenvalue weighted by Gasteiger charge is 2.38. The summed E-state index contributed by atoms with van der Waals surface area (Å²) in [6.45, 7) is 14.6. The standard InChI is InChI=1S/C24H41ClN2/c1-18(2)23(26-15-19-7-5-6-8-19)16-27-14-13-22(24(3,4)17-27)20-9-11-21(25)12-10-20/h9,11,18-19,22-23,26H,5-8,10,12-17H2,1-4H3/t22?,23-/m0/s1. The van der Waals surface area contributed by atoms with Crippen molar-refractivity contribution in [2.45, 2.75) is 78.7 Å². The van der Waals surface area contributed by atoms with Gasteiger partial charge in [-0.1, -0.05) is 63.8 Å². The largest absolute Gasteiger partial charge is 0.312 e. The van der Waals surface area contributed by atoms with Gasteiger partial charge in [0.15, 0.2) is 0 Å². The molecule has 1 heterocycles. The molecule has 27 heavy (non-hydrogen) atoms. The zero-order valence-electron chi connectivity index (χ0n) is 18.1. The van der Waals surface area contributed by atoms with E-state index in [1.807, 2.05) is 0 Å². The van der Waals surface area contributed by atoms with E-state index in [4.69, 9.17) is 11.6 Å². The van der Waals surface area contributed by atoms with Crippen molar-refractivity contribution in [3.63, 3.8) is 0 Å². The fraction of sp³-hybridized carbons (Fsp3) is 0.833. The molecule has 2 nitrogen and oxygen atoms in total. The van der Waals surface area contributed by atoms with E-state index >= 15 is 0 Å². The molecule has 1 saturated carbocycles. The quantitative estimate of drug-likeness (QED) is 0.573. The van der Waals surface area contributed by atoms with Gasteiger partial charge in [0, 0.05) is 24.2 Å². The van der Waals surface area contributed by atoms with Gasteiger partial charge in [0.2, 0.25) is 0 Å². The number of hydrogen-bond donors (Lipinski definition) is 1. The highest BCUT2D eigenvalue weighted by Crippen LogP contribution is 2.42.